The Labute approximate surface area is 76.9 Å². The summed E-state index contributed by atoms with van der Waals surface area (Å²) in [5, 5.41) is 8.97. The van der Waals surface area contributed by atoms with Crippen molar-refractivity contribution >= 4 is 0 Å². The molecule has 0 aliphatic carbocycles. The van der Waals surface area contributed by atoms with Crippen molar-refractivity contribution < 1.29 is 5.11 Å². The zero-order valence-corrected chi connectivity index (χ0v) is 8.16. The lowest BCUT2D eigenvalue weighted by molar-refractivity contribution is 0.262. The van der Waals surface area contributed by atoms with Crippen LogP contribution in [0.5, 0.6) is 0 Å². The van der Waals surface area contributed by atoms with Crippen LogP contribution in [0.1, 0.15) is 24.0 Å². The molecule has 0 aliphatic heterocycles. The number of aliphatic hydroxyl groups is 1. The first-order chi connectivity index (χ1) is 6.11. The van der Waals surface area contributed by atoms with Crippen LogP contribution in [0, 0.1) is 13.8 Å². The third-order valence-corrected chi connectivity index (χ3v) is 2.17. The van der Waals surface area contributed by atoms with Crippen molar-refractivity contribution in [1.82, 2.24) is 9.55 Å². The highest BCUT2D eigenvalue weighted by Gasteiger charge is 2.08. The normalized spacial score (nSPS) is 10.5. The van der Waals surface area contributed by atoms with E-state index in [1.165, 1.54) is 4.57 Å². The fourth-order valence-corrected chi connectivity index (χ4v) is 1.26. The minimum Gasteiger partial charge on any atom is -0.388 e. The molecule has 0 aliphatic rings. The number of aromatic nitrogens is 2. The zero-order valence-electron chi connectivity index (χ0n) is 8.16. The highest BCUT2D eigenvalue weighted by atomic mass is 16.3. The molecular weight excluding hydrogens is 168 g/mol. The Morgan fingerprint density at radius 3 is 2.54 bits per heavy atom. The second-order valence-corrected chi connectivity index (χ2v) is 2.95. The Morgan fingerprint density at radius 2 is 2.08 bits per heavy atom. The smallest absolute Gasteiger partial charge is 0.256 e. The van der Waals surface area contributed by atoms with Gasteiger partial charge in [0.05, 0.1) is 0 Å². The molecule has 0 saturated carbocycles. The van der Waals surface area contributed by atoms with E-state index in [0.717, 1.165) is 0 Å². The van der Waals surface area contributed by atoms with E-state index in [2.05, 4.69) is 4.98 Å². The Balaban J connectivity index is 3.48. The summed E-state index contributed by atoms with van der Waals surface area (Å²) in [6.07, 6.45) is 0. The molecule has 0 spiro atoms. The van der Waals surface area contributed by atoms with Crippen LogP contribution in [0.25, 0.3) is 0 Å². The standard InChI is InChI=1S/C9H14N2O2/c1-4-11-8(5-12)10-7(3)6(2)9(11)13/h12H,4-5H2,1-3H3. The Hall–Kier alpha value is -1.16. The maximum absolute atomic E-state index is 11.6. The molecule has 0 atom stereocenters. The molecule has 13 heavy (non-hydrogen) atoms. The van der Waals surface area contributed by atoms with Gasteiger partial charge < -0.3 is 5.11 Å². The van der Waals surface area contributed by atoms with Crippen LogP contribution < -0.4 is 5.56 Å². The molecule has 0 aromatic carbocycles. The second kappa shape index (κ2) is 3.70. The summed E-state index contributed by atoms with van der Waals surface area (Å²) in [5.74, 6) is 0.440. The lowest BCUT2D eigenvalue weighted by Gasteiger charge is -2.10. The summed E-state index contributed by atoms with van der Waals surface area (Å²) in [6.45, 7) is 5.73. The molecule has 1 aromatic heterocycles. The van der Waals surface area contributed by atoms with E-state index >= 15 is 0 Å². The Kier molecular flexibility index (Phi) is 2.83. The minimum atomic E-state index is -0.190. The van der Waals surface area contributed by atoms with E-state index < -0.39 is 0 Å². The number of aryl methyl sites for hydroxylation is 1. The molecule has 0 bridgehead atoms. The molecule has 0 radical (unpaired) electrons. The Morgan fingerprint density at radius 1 is 1.46 bits per heavy atom. The van der Waals surface area contributed by atoms with E-state index in [4.69, 9.17) is 5.11 Å². The van der Waals surface area contributed by atoms with Gasteiger partial charge in [0.25, 0.3) is 5.56 Å². The molecule has 1 N–H and O–H groups in total. The summed E-state index contributed by atoms with van der Waals surface area (Å²) in [4.78, 5) is 15.7. The number of rotatable bonds is 2. The quantitative estimate of drug-likeness (QED) is 0.719. The van der Waals surface area contributed by atoms with Crippen LogP contribution in [-0.4, -0.2) is 14.7 Å². The first-order valence-corrected chi connectivity index (χ1v) is 4.29. The largest absolute Gasteiger partial charge is 0.388 e. The van der Waals surface area contributed by atoms with Gasteiger partial charge in [0.15, 0.2) is 0 Å². The highest BCUT2D eigenvalue weighted by Crippen LogP contribution is 2.00. The lowest BCUT2D eigenvalue weighted by Crippen LogP contribution is -2.27. The maximum Gasteiger partial charge on any atom is 0.256 e. The van der Waals surface area contributed by atoms with E-state index in [-0.39, 0.29) is 12.2 Å². The molecule has 0 unspecified atom stereocenters. The van der Waals surface area contributed by atoms with Crippen molar-refractivity contribution in [1.29, 1.82) is 0 Å². The fraction of sp³-hybridized carbons (Fsp3) is 0.556. The highest BCUT2D eigenvalue weighted by molar-refractivity contribution is 5.15. The van der Waals surface area contributed by atoms with Gasteiger partial charge in [0.1, 0.15) is 12.4 Å². The first-order valence-electron chi connectivity index (χ1n) is 4.29. The van der Waals surface area contributed by atoms with Crippen molar-refractivity contribution in [3.05, 3.63) is 27.4 Å². The molecule has 72 valence electrons. The van der Waals surface area contributed by atoms with Crippen LogP contribution in [0.4, 0.5) is 0 Å². The SMILES string of the molecule is CCn1c(CO)nc(C)c(C)c1=O. The third-order valence-electron chi connectivity index (χ3n) is 2.17. The molecule has 0 fully saturated rings. The van der Waals surface area contributed by atoms with Gasteiger partial charge >= 0.3 is 0 Å². The number of aliphatic hydroxyl groups excluding tert-OH is 1. The van der Waals surface area contributed by atoms with E-state index in [9.17, 15) is 4.79 Å². The van der Waals surface area contributed by atoms with Crippen LogP contribution in [0.15, 0.2) is 4.79 Å². The molecule has 0 amide bonds. The molecule has 1 aromatic rings. The van der Waals surface area contributed by atoms with Crippen molar-refractivity contribution in [2.24, 2.45) is 0 Å². The summed E-state index contributed by atoms with van der Waals surface area (Å²) in [7, 11) is 0. The molecule has 1 heterocycles. The number of hydrogen-bond donors (Lipinski definition) is 1. The van der Waals surface area contributed by atoms with E-state index in [0.29, 0.717) is 23.6 Å². The van der Waals surface area contributed by atoms with Gasteiger partial charge in [-0.15, -0.1) is 0 Å². The molecular formula is C9H14N2O2. The second-order valence-electron chi connectivity index (χ2n) is 2.95. The maximum atomic E-state index is 11.6. The van der Waals surface area contributed by atoms with Crippen molar-refractivity contribution in [3.8, 4) is 0 Å². The van der Waals surface area contributed by atoms with Gasteiger partial charge in [0, 0.05) is 17.8 Å². The van der Waals surface area contributed by atoms with Crippen molar-refractivity contribution in [3.63, 3.8) is 0 Å². The molecule has 4 nitrogen and oxygen atoms in total. The average molecular weight is 182 g/mol. The van der Waals surface area contributed by atoms with Crippen molar-refractivity contribution in [2.75, 3.05) is 0 Å². The Bertz CT molecular complexity index is 369. The number of nitrogens with zero attached hydrogens (tertiary/aromatic N) is 2. The predicted octanol–water partition coefficient (Wildman–Crippen LogP) is 0.372. The van der Waals surface area contributed by atoms with E-state index in [1.807, 2.05) is 6.92 Å². The average Bonchev–Trinajstić information content (AvgIpc) is 2.13. The van der Waals surface area contributed by atoms with Gasteiger partial charge in [-0.2, -0.15) is 0 Å². The van der Waals surface area contributed by atoms with Crippen molar-refractivity contribution in [2.45, 2.75) is 33.9 Å². The lowest BCUT2D eigenvalue weighted by atomic mass is 10.2. The monoisotopic (exact) mass is 182 g/mol. The van der Waals surface area contributed by atoms with Crippen LogP contribution in [-0.2, 0) is 13.2 Å². The summed E-state index contributed by atoms with van der Waals surface area (Å²) >= 11 is 0. The molecule has 0 saturated heterocycles. The van der Waals surface area contributed by atoms with Gasteiger partial charge in [-0.05, 0) is 20.8 Å². The van der Waals surface area contributed by atoms with Crippen LogP contribution in [0.2, 0.25) is 0 Å². The summed E-state index contributed by atoms with van der Waals surface area (Å²) in [6, 6.07) is 0. The molecule has 4 heteroatoms. The molecule has 1 rings (SSSR count). The van der Waals surface area contributed by atoms with Gasteiger partial charge in [0.2, 0.25) is 0 Å². The van der Waals surface area contributed by atoms with E-state index in [1.54, 1.807) is 13.8 Å². The van der Waals surface area contributed by atoms with Crippen LogP contribution >= 0.6 is 0 Å². The van der Waals surface area contributed by atoms with Gasteiger partial charge in [-0.25, -0.2) is 4.98 Å². The summed E-state index contributed by atoms with van der Waals surface area (Å²) < 4.78 is 1.49. The fourth-order valence-electron chi connectivity index (χ4n) is 1.26. The third kappa shape index (κ3) is 1.62. The minimum absolute atomic E-state index is 0.0564. The predicted molar refractivity (Wildman–Crippen MR) is 49.6 cm³/mol. The van der Waals surface area contributed by atoms with Gasteiger partial charge in [-0.3, -0.25) is 9.36 Å². The zero-order chi connectivity index (χ0) is 10.0. The first kappa shape index (κ1) is 9.92. The number of hydrogen-bond acceptors (Lipinski definition) is 3. The van der Waals surface area contributed by atoms with Gasteiger partial charge in [-0.1, -0.05) is 0 Å². The summed E-state index contributed by atoms with van der Waals surface area (Å²) in [5.41, 5.74) is 1.29. The topological polar surface area (TPSA) is 55.1 Å². The van der Waals surface area contributed by atoms with Crippen LogP contribution in [0.3, 0.4) is 0 Å².